The maximum atomic E-state index is 13.1. The number of hydrogen-bond donors (Lipinski definition) is 0. The Morgan fingerprint density at radius 3 is 1.74 bits per heavy atom. The maximum absolute atomic E-state index is 13.1. The first-order valence-corrected chi connectivity index (χ1v) is 6.24. The van der Waals surface area contributed by atoms with Crippen LogP contribution in [0.5, 0.6) is 0 Å². The lowest BCUT2D eigenvalue weighted by atomic mass is 10.1. The lowest BCUT2D eigenvalue weighted by Crippen LogP contribution is -2.55. The highest BCUT2D eigenvalue weighted by Crippen LogP contribution is 2.37. The predicted molar refractivity (Wildman–Crippen MR) is 61.9 cm³/mol. The molecule has 0 N–H and O–H groups in total. The van der Waals surface area contributed by atoms with Gasteiger partial charge in [0.05, 0.1) is 0 Å². The number of halogens is 5. The van der Waals surface area contributed by atoms with E-state index in [2.05, 4.69) is 0 Å². The molecule has 0 aliphatic carbocycles. The van der Waals surface area contributed by atoms with Gasteiger partial charge in [-0.25, -0.2) is 0 Å². The van der Waals surface area contributed by atoms with Crippen LogP contribution in [0.1, 0.15) is 40.5 Å². The van der Waals surface area contributed by atoms with Gasteiger partial charge in [-0.1, -0.05) is 27.7 Å². The van der Waals surface area contributed by atoms with Crippen LogP contribution in [0.2, 0.25) is 0 Å². The van der Waals surface area contributed by atoms with Gasteiger partial charge in [-0.2, -0.15) is 22.0 Å². The number of amides is 1. The quantitative estimate of drug-likeness (QED) is 0.680. The molecular formula is C12H20F5NO. The smallest absolute Gasteiger partial charge is 0.334 e. The molecule has 19 heavy (non-hydrogen) atoms. The Kier molecular flexibility index (Phi) is 6.22. The van der Waals surface area contributed by atoms with Gasteiger partial charge in [-0.05, 0) is 18.8 Å². The van der Waals surface area contributed by atoms with Crippen molar-refractivity contribution in [2.75, 3.05) is 6.54 Å². The zero-order chi connectivity index (χ0) is 15.4. The normalized spacial score (nSPS) is 13.2. The predicted octanol–water partition coefficient (Wildman–Crippen LogP) is 3.86. The van der Waals surface area contributed by atoms with Crippen molar-refractivity contribution in [1.29, 1.82) is 0 Å². The summed E-state index contributed by atoms with van der Waals surface area (Å²) in [6.45, 7) is 6.51. The fourth-order valence-corrected chi connectivity index (χ4v) is 1.82. The Labute approximate surface area is 110 Å². The minimum Gasteiger partial charge on any atom is -0.334 e. The summed E-state index contributed by atoms with van der Waals surface area (Å²) in [6, 6.07) is -0.608. The summed E-state index contributed by atoms with van der Waals surface area (Å²) in [5, 5.41) is 0. The van der Waals surface area contributed by atoms with Crippen molar-refractivity contribution in [2.24, 2.45) is 5.92 Å². The standard InChI is InChI=1S/C12H20F5NO/c1-5-9(6-2)18(7-8(3)4)10(19)11(13,14)12(15,16)17/h8-9H,5-7H2,1-4H3. The van der Waals surface area contributed by atoms with Crippen LogP contribution in [0.3, 0.4) is 0 Å². The topological polar surface area (TPSA) is 20.3 Å². The van der Waals surface area contributed by atoms with E-state index in [0.29, 0.717) is 17.7 Å². The van der Waals surface area contributed by atoms with E-state index in [1.807, 2.05) is 0 Å². The van der Waals surface area contributed by atoms with E-state index < -0.39 is 24.0 Å². The number of hydrogen-bond acceptors (Lipinski definition) is 1. The van der Waals surface area contributed by atoms with E-state index >= 15 is 0 Å². The summed E-state index contributed by atoms with van der Waals surface area (Å²) in [6.07, 6.45) is -5.18. The molecule has 0 radical (unpaired) electrons. The summed E-state index contributed by atoms with van der Waals surface area (Å²) in [4.78, 5) is 12.2. The molecule has 0 saturated heterocycles. The molecule has 0 aliphatic rings. The summed E-state index contributed by atoms with van der Waals surface area (Å²) in [5.74, 6) is -7.67. The number of alkyl halides is 5. The van der Waals surface area contributed by atoms with Gasteiger partial charge in [0.2, 0.25) is 0 Å². The molecular weight excluding hydrogens is 269 g/mol. The van der Waals surface area contributed by atoms with Gasteiger partial charge in [-0.15, -0.1) is 0 Å². The van der Waals surface area contributed by atoms with Crippen molar-refractivity contribution < 1.29 is 26.7 Å². The SMILES string of the molecule is CCC(CC)N(CC(C)C)C(=O)C(F)(F)C(F)(F)F. The first-order valence-electron chi connectivity index (χ1n) is 6.24. The van der Waals surface area contributed by atoms with Crippen molar-refractivity contribution in [3.63, 3.8) is 0 Å². The molecule has 1 amide bonds. The first-order chi connectivity index (χ1) is 8.48. The second kappa shape index (κ2) is 6.52. The third kappa shape index (κ3) is 4.31. The molecule has 0 aliphatic heterocycles. The second-order valence-corrected chi connectivity index (χ2v) is 4.89. The fourth-order valence-electron chi connectivity index (χ4n) is 1.82. The average Bonchev–Trinajstić information content (AvgIpc) is 2.26. The number of carbonyl (C=O) groups excluding carboxylic acids is 1. The van der Waals surface area contributed by atoms with Crippen LogP contribution in [0.15, 0.2) is 0 Å². The van der Waals surface area contributed by atoms with E-state index in [0.717, 1.165) is 0 Å². The molecule has 0 spiro atoms. The highest BCUT2D eigenvalue weighted by Gasteiger charge is 2.64. The average molecular weight is 289 g/mol. The molecule has 114 valence electrons. The third-order valence-corrected chi connectivity index (χ3v) is 2.83. The molecule has 0 aromatic heterocycles. The Morgan fingerprint density at radius 1 is 1.05 bits per heavy atom. The van der Waals surface area contributed by atoms with Crippen LogP contribution < -0.4 is 0 Å². The Hall–Kier alpha value is -0.880. The van der Waals surface area contributed by atoms with Crippen LogP contribution in [-0.2, 0) is 4.79 Å². The minimum absolute atomic E-state index is 0.114. The van der Waals surface area contributed by atoms with Crippen LogP contribution >= 0.6 is 0 Å². The maximum Gasteiger partial charge on any atom is 0.463 e. The Morgan fingerprint density at radius 2 is 1.47 bits per heavy atom. The monoisotopic (exact) mass is 289 g/mol. The van der Waals surface area contributed by atoms with Crippen LogP contribution in [0.25, 0.3) is 0 Å². The molecule has 0 aromatic rings. The number of nitrogens with zero attached hydrogens (tertiary/aromatic N) is 1. The van der Waals surface area contributed by atoms with Crippen LogP contribution in [0, 0.1) is 5.92 Å². The number of carbonyl (C=O) groups is 1. The van der Waals surface area contributed by atoms with Gasteiger partial charge < -0.3 is 4.90 Å². The van der Waals surface area contributed by atoms with Gasteiger partial charge in [0, 0.05) is 12.6 Å². The molecule has 0 fully saturated rings. The van der Waals surface area contributed by atoms with Gasteiger partial charge >= 0.3 is 18.0 Å². The highest BCUT2D eigenvalue weighted by molar-refractivity contribution is 5.84. The summed E-state index contributed by atoms with van der Waals surface area (Å²) < 4.78 is 63.0. The van der Waals surface area contributed by atoms with Crippen molar-refractivity contribution in [3.05, 3.63) is 0 Å². The van der Waals surface area contributed by atoms with Crippen molar-refractivity contribution in [3.8, 4) is 0 Å². The molecule has 0 rings (SSSR count). The van der Waals surface area contributed by atoms with E-state index in [4.69, 9.17) is 0 Å². The molecule has 0 saturated carbocycles. The molecule has 0 bridgehead atoms. The molecule has 7 heteroatoms. The van der Waals surface area contributed by atoms with Crippen molar-refractivity contribution in [2.45, 2.75) is 58.7 Å². The fraction of sp³-hybridized carbons (Fsp3) is 0.917. The molecule has 0 unspecified atom stereocenters. The molecule has 0 atom stereocenters. The first kappa shape index (κ1) is 18.1. The lowest BCUT2D eigenvalue weighted by molar-refractivity contribution is -0.275. The summed E-state index contributed by atoms with van der Waals surface area (Å²) in [7, 11) is 0. The van der Waals surface area contributed by atoms with E-state index in [1.165, 1.54) is 0 Å². The molecule has 0 heterocycles. The van der Waals surface area contributed by atoms with Gasteiger partial charge in [0.1, 0.15) is 0 Å². The largest absolute Gasteiger partial charge is 0.463 e. The molecule has 2 nitrogen and oxygen atoms in total. The zero-order valence-corrected chi connectivity index (χ0v) is 11.5. The van der Waals surface area contributed by atoms with E-state index in [-0.39, 0.29) is 12.5 Å². The molecule has 0 aromatic carbocycles. The highest BCUT2D eigenvalue weighted by atomic mass is 19.4. The van der Waals surface area contributed by atoms with Crippen LogP contribution in [-0.4, -0.2) is 35.5 Å². The summed E-state index contributed by atoms with van der Waals surface area (Å²) >= 11 is 0. The lowest BCUT2D eigenvalue weighted by Gasteiger charge is -2.35. The van der Waals surface area contributed by atoms with Gasteiger partial charge in [-0.3, -0.25) is 4.79 Å². The van der Waals surface area contributed by atoms with E-state index in [1.54, 1.807) is 27.7 Å². The minimum atomic E-state index is -5.86. The van der Waals surface area contributed by atoms with Gasteiger partial charge in [0.25, 0.3) is 0 Å². The third-order valence-electron chi connectivity index (χ3n) is 2.83. The number of rotatable bonds is 6. The Bertz CT molecular complexity index is 297. The van der Waals surface area contributed by atoms with E-state index in [9.17, 15) is 26.7 Å². The van der Waals surface area contributed by atoms with Crippen LogP contribution in [0.4, 0.5) is 22.0 Å². The summed E-state index contributed by atoms with van der Waals surface area (Å²) in [5.41, 5.74) is 0. The Balaban J connectivity index is 5.32. The zero-order valence-electron chi connectivity index (χ0n) is 11.5. The van der Waals surface area contributed by atoms with Crippen molar-refractivity contribution in [1.82, 2.24) is 4.90 Å². The van der Waals surface area contributed by atoms with Crippen molar-refractivity contribution >= 4 is 5.91 Å². The second-order valence-electron chi connectivity index (χ2n) is 4.89. The van der Waals surface area contributed by atoms with Gasteiger partial charge in [0.15, 0.2) is 0 Å².